The third-order valence-electron chi connectivity index (χ3n) is 2.71. The number of amides is 1. The Balaban J connectivity index is 1.75. The number of aromatic amines is 1. The summed E-state index contributed by atoms with van der Waals surface area (Å²) in [6.45, 7) is 1.79. The van der Waals surface area contributed by atoms with E-state index < -0.39 is 11.6 Å². The molecule has 112 valence electrons. The molecular weight excluding hydrogens is 298 g/mol. The van der Waals surface area contributed by atoms with Gasteiger partial charge in [-0.1, -0.05) is 0 Å². The molecule has 0 aliphatic heterocycles. The molecule has 0 bridgehead atoms. The van der Waals surface area contributed by atoms with Crippen molar-refractivity contribution in [1.82, 2.24) is 20.5 Å². The van der Waals surface area contributed by atoms with Crippen molar-refractivity contribution in [3.8, 4) is 0 Å². The average Bonchev–Trinajstić information content (AvgIpc) is 2.97. The van der Waals surface area contributed by atoms with Crippen LogP contribution in [0.4, 0.5) is 8.78 Å². The molecule has 21 heavy (non-hydrogen) atoms. The second kappa shape index (κ2) is 7.16. The number of nitrogens with one attached hydrogen (secondary N) is 2. The maximum atomic E-state index is 13.0. The standard InChI is InChI=1S/C13H14F2N4OS/c1-8(13-16-7-17-19-13)18-12(20)4-5-21-9-2-3-10(14)11(15)6-9/h2-3,6-8H,4-5H2,1H3,(H,18,20)(H,16,17,19). The molecule has 0 aliphatic carbocycles. The smallest absolute Gasteiger partial charge is 0.221 e. The zero-order chi connectivity index (χ0) is 15.2. The van der Waals surface area contributed by atoms with Gasteiger partial charge in [0.05, 0.1) is 6.04 Å². The van der Waals surface area contributed by atoms with Crippen molar-refractivity contribution in [2.24, 2.45) is 0 Å². The lowest BCUT2D eigenvalue weighted by atomic mass is 10.3. The molecule has 1 aromatic carbocycles. The Labute approximate surface area is 124 Å². The number of halogens is 2. The third kappa shape index (κ3) is 4.52. The number of rotatable bonds is 6. The van der Waals surface area contributed by atoms with Crippen LogP contribution in [0.1, 0.15) is 25.2 Å². The van der Waals surface area contributed by atoms with E-state index in [0.29, 0.717) is 16.5 Å². The Kier molecular flexibility index (Phi) is 5.26. The van der Waals surface area contributed by atoms with E-state index in [1.165, 1.54) is 24.2 Å². The summed E-state index contributed by atoms with van der Waals surface area (Å²) in [5.41, 5.74) is 0. The number of hydrogen-bond donors (Lipinski definition) is 2. The first kappa shape index (κ1) is 15.4. The number of benzene rings is 1. The van der Waals surface area contributed by atoms with Crippen molar-refractivity contribution in [2.45, 2.75) is 24.3 Å². The normalized spacial score (nSPS) is 12.1. The van der Waals surface area contributed by atoms with Crippen molar-refractivity contribution in [1.29, 1.82) is 0 Å². The quantitative estimate of drug-likeness (QED) is 0.804. The van der Waals surface area contributed by atoms with Crippen molar-refractivity contribution in [3.05, 3.63) is 42.0 Å². The number of hydrogen-bond acceptors (Lipinski definition) is 4. The molecule has 2 N–H and O–H groups in total. The molecule has 8 heteroatoms. The summed E-state index contributed by atoms with van der Waals surface area (Å²) in [5, 5.41) is 9.16. The van der Waals surface area contributed by atoms with Crippen molar-refractivity contribution in [3.63, 3.8) is 0 Å². The predicted molar refractivity (Wildman–Crippen MR) is 74.6 cm³/mol. The zero-order valence-corrected chi connectivity index (χ0v) is 12.1. The average molecular weight is 312 g/mol. The van der Waals surface area contributed by atoms with E-state index in [1.54, 1.807) is 6.92 Å². The zero-order valence-electron chi connectivity index (χ0n) is 11.3. The molecule has 0 fully saturated rings. The number of H-pyrrole nitrogens is 1. The molecule has 1 unspecified atom stereocenters. The fraction of sp³-hybridized carbons (Fsp3) is 0.308. The van der Waals surface area contributed by atoms with Crippen molar-refractivity contribution in [2.75, 3.05) is 5.75 Å². The summed E-state index contributed by atoms with van der Waals surface area (Å²) in [6, 6.07) is 3.42. The molecule has 1 amide bonds. The third-order valence-corrected chi connectivity index (χ3v) is 3.71. The lowest BCUT2D eigenvalue weighted by Crippen LogP contribution is -2.27. The van der Waals surface area contributed by atoms with Crippen LogP contribution in [0.3, 0.4) is 0 Å². The van der Waals surface area contributed by atoms with Crippen LogP contribution in [-0.4, -0.2) is 26.8 Å². The number of carbonyl (C=O) groups excluding carboxylic acids is 1. The topological polar surface area (TPSA) is 70.7 Å². The van der Waals surface area contributed by atoms with Gasteiger partial charge in [0.1, 0.15) is 12.2 Å². The Morgan fingerprint density at radius 3 is 2.90 bits per heavy atom. The van der Waals surface area contributed by atoms with Crippen LogP contribution in [0.15, 0.2) is 29.4 Å². The van der Waals surface area contributed by atoms with E-state index >= 15 is 0 Å². The second-order valence-corrected chi connectivity index (χ2v) is 5.50. The van der Waals surface area contributed by atoms with E-state index in [2.05, 4.69) is 20.5 Å². The molecular formula is C13H14F2N4OS. The molecule has 0 radical (unpaired) electrons. The number of aromatic nitrogens is 3. The van der Waals surface area contributed by atoms with E-state index in [1.807, 2.05) is 0 Å². The molecule has 1 heterocycles. The van der Waals surface area contributed by atoms with Crippen LogP contribution in [0.25, 0.3) is 0 Å². The SMILES string of the molecule is CC(NC(=O)CCSc1ccc(F)c(F)c1)c1ncn[nH]1. The van der Waals surface area contributed by atoms with Crippen LogP contribution in [0.2, 0.25) is 0 Å². The van der Waals surface area contributed by atoms with Gasteiger partial charge in [0, 0.05) is 17.1 Å². The van der Waals surface area contributed by atoms with E-state index in [-0.39, 0.29) is 18.4 Å². The summed E-state index contributed by atoms with van der Waals surface area (Å²) in [7, 11) is 0. The van der Waals surface area contributed by atoms with Gasteiger partial charge < -0.3 is 5.32 Å². The van der Waals surface area contributed by atoms with Crippen molar-refractivity contribution < 1.29 is 13.6 Å². The molecule has 2 aromatic rings. The van der Waals surface area contributed by atoms with Gasteiger partial charge in [-0.25, -0.2) is 13.8 Å². The van der Waals surface area contributed by atoms with E-state index in [4.69, 9.17) is 0 Å². The second-order valence-electron chi connectivity index (χ2n) is 4.33. The van der Waals surface area contributed by atoms with Gasteiger partial charge in [-0.15, -0.1) is 11.8 Å². The van der Waals surface area contributed by atoms with Gasteiger partial charge in [0.25, 0.3) is 0 Å². The van der Waals surface area contributed by atoms with Crippen LogP contribution >= 0.6 is 11.8 Å². The highest BCUT2D eigenvalue weighted by molar-refractivity contribution is 7.99. The van der Waals surface area contributed by atoms with Gasteiger partial charge in [0.15, 0.2) is 11.6 Å². The minimum atomic E-state index is -0.886. The van der Waals surface area contributed by atoms with E-state index in [9.17, 15) is 13.6 Å². The Hall–Kier alpha value is -1.96. The summed E-state index contributed by atoms with van der Waals surface area (Å²) in [6.07, 6.45) is 1.64. The molecule has 0 saturated heterocycles. The fourth-order valence-electron chi connectivity index (χ4n) is 1.63. The monoisotopic (exact) mass is 312 g/mol. The summed E-state index contributed by atoms with van der Waals surface area (Å²) in [5.74, 6) is -0.855. The molecule has 0 saturated carbocycles. The van der Waals surface area contributed by atoms with Gasteiger partial charge in [0.2, 0.25) is 5.91 Å². The Morgan fingerprint density at radius 2 is 2.24 bits per heavy atom. The van der Waals surface area contributed by atoms with Crippen molar-refractivity contribution >= 4 is 17.7 Å². The highest BCUT2D eigenvalue weighted by Gasteiger charge is 2.11. The van der Waals surface area contributed by atoms with Crippen LogP contribution < -0.4 is 5.32 Å². The summed E-state index contributed by atoms with van der Waals surface area (Å²) < 4.78 is 25.8. The maximum Gasteiger partial charge on any atom is 0.221 e. The van der Waals surface area contributed by atoms with Gasteiger partial charge in [-0.3, -0.25) is 9.89 Å². The lowest BCUT2D eigenvalue weighted by Gasteiger charge is -2.10. The fourth-order valence-corrected chi connectivity index (χ4v) is 2.51. The van der Waals surface area contributed by atoms with Crippen LogP contribution in [0.5, 0.6) is 0 Å². The summed E-state index contributed by atoms with van der Waals surface area (Å²) >= 11 is 1.29. The first-order chi connectivity index (χ1) is 10.1. The number of thioether (sulfide) groups is 1. The molecule has 5 nitrogen and oxygen atoms in total. The van der Waals surface area contributed by atoms with Gasteiger partial charge >= 0.3 is 0 Å². The molecule has 1 atom stereocenters. The Morgan fingerprint density at radius 1 is 1.43 bits per heavy atom. The molecule has 0 aliphatic rings. The Bertz CT molecular complexity index is 606. The molecule has 0 spiro atoms. The van der Waals surface area contributed by atoms with Crippen LogP contribution in [0, 0.1) is 11.6 Å². The first-order valence-corrected chi connectivity index (χ1v) is 7.27. The largest absolute Gasteiger partial charge is 0.346 e. The lowest BCUT2D eigenvalue weighted by molar-refractivity contribution is -0.121. The van der Waals surface area contributed by atoms with Crippen LogP contribution in [-0.2, 0) is 4.79 Å². The minimum absolute atomic E-state index is 0.144. The number of carbonyl (C=O) groups is 1. The minimum Gasteiger partial charge on any atom is -0.346 e. The first-order valence-electron chi connectivity index (χ1n) is 6.28. The maximum absolute atomic E-state index is 13.0. The van der Waals surface area contributed by atoms with Gasteiger partial charge in [-0.2, -0.15) is 5.10 Å². The summed E-state index contributed by atoms with van der Waals surface area (Å²) in [4.78, 5) is 16.3. The predicted octanol–water partition coefficient (Wildman–Crippen LogP) is 2.44. The van der Waals surface area contributed by atoms with Gasteiger partial charge in [-0.05, 0) is 25.1 Å². The highest BCUT2D eigenvalue weighted by atomic mass is 32.2. The highest BCUT2D eigenvalue weighted by Crippen LogP contribution is 2.21. The number of nitrogens with zero attached hydrogens (tertiary/aromatic N) is 2. The van der Waals surface area contributed by atoms with E-state index in [0.717, 1.165) is 12.1 Å². The molecule has 1 aromatic heterocycles. The molecule has 2 rings (SSSR count).